The summed E-state index contributed by atoms with van der Waals surface area (Å²) >= 11 is 1.11. The van der Waals surface area contributed by atoms with E-state index >= 15 is 0 Å². The summed E-state index contributed by atoms with van der Waals surface area (Å²) in [4.78, 5) is 20.0. The van der Waals surface area contributed by atoms with Crippen LogP contribution in [0.4, 0.5) is 0 Å². The number of hydrogen-bond acceptors (Lipinski definition) is 5. The fourth-order valence-electron chi connectivity index (χ4n) is 1.56. The molecule has 92 valence electrons. The molecular formula is C12H10N2O3S. The van der Waals surface area contributed by atoms with Gasteiger partial charge in [0, 0.05) is 6.42 Å². The van der Waals surface area contributed by atoms with E-state index in [1.165, 1.54) is 6.33 Å². The van der Waals surface area contributed by atoms with E-state index in [0.717, 1.165) is 11.3 Å². The first kappa shape index (κ1) is 12.3. The van der Waals surface area contributed by atoms with Gasteiger partial charge in [0.25, 0.3) is 0 Å². The molecule has 2 aromatic heterocycles. The van der Waals surface area contributed by atoms with Gasteiger partial charge in [0.05, 0.1) is 5.39 Å². The molecule has 2 aromatic rings. The molecule has 18 heavy (non-hydrogen) atoms. The molecular weight excluding hydrogens is 252 g/mol. The van der Waals surface area contributed by atoms with Crippen molar-refractivity contribution >= 4 is 27.5 Å². The number of terminal acetylenes is 1. The molecule has 0 aromatic carbocycles. The van der Waals surface area contributed by atoms with Gasteiger partial charge in [-0.05, 0) is 12.5 Å². The number of thiophene rings is 1. The van der Waals surface area contributed by atoms with E-state index in [2.05, 4.69) is 15.9 Å². The number of hydrogen-bond donors (Lipinski definition) is 1. The summed E-state index contributed by atoms with van der Waals surface area (Å²) in [5, 5.41) is 9.72. The highest BCUT2D eigenvalue weighted by atomic mass is 32.1. The number of aromatic nitrogens is 2. The highest BCUT2D eigenvalue weighted by Crippen LogP contribution is 2.34. The number of rotatable bonds is 4. The number of carboxylic acid groups (broad SMARTS) is 1. The second-order valence-electron chi connectivity index (χ2n) is 3.52. The molecule has 0 unspecified atom stereocenters. The van der Waals surface area contributed by atoms with Crippen LogP contribution in [0.1, 0.15) is 21.7 Å². The lowest BCUT2D eigenvalue weighted by Gasteiger charge is -2.04. The predicted molar refractivity (Wildman–Crippen MR) is 68.1 cm³/mol. The molecule has 6 heteroatoms. The summed E-state index contributed by atoms with van der Waals surface area (Å²) < 4.78 is 5.45. The third-order valence-electron chi connectivity index (χ3n) is 2.37. The number of carboxylic acids is 1. The molecule has 0 saturated heterocycles. The monoisotopic (exact) mass is 262 g/mol. The molecule has 0 bridgehead atoms. The minimum Gasteiger partial charge on any atom is -0.477 e. The summed E-state index contributed by atoms with van der Waals surface area (Å²) in [5.74, 6) is 1.88. The smallest absolute Gasteiger partial charge is 0.346 e. The van der Waals surface area contributed by atoms with Crippen LogP contribution in [0.5, 0.6) is 5.88 Å². The van der Waals surface area contributed by atoms with Gasteiger partial charge >= 0.3 is 5.97 Å². The zero-order valence-corrected chi connectivity index (χ0v) is 10.5. The lowest BCUT2D eigenvalue weighted by molar-refractivity contribution is 0.0701. The molecule has 0 aliphatic heterocycles. The third-order valence-corrected chi connectivity index (χ3v) is 3.56. The van der Waals surface area contributed by atoms with E-state index in [1.54, 1.807) is 6.92 Å². The Bertz CT molecular complexity index is 643. The maximum absolute atomic E-state index is 11.1. The largest absolute Gasteiger partial charge is 0.477 e. The maximum atomic E-state index is 11.1. The minimum atomic E-state index is -0.968. The van der Waals surface area contributed by atoms with Gasteiger partial charge in [-0.15, -0.1) is 23.7 Å². The van der Waals surface area contributed by atoms with E-state index in [9.17, 15) is 4.79 Å². The summed E-state index contributed by atoms with van der Waals surface area (Å²) in [7, 11) is 0. The number of aromatic carboxylic acids is 1. The average Bonchev–Trinajstić information content (AvgIpc) is 2.68. The van der Waals surface area contributed by atoms with Crippen LogP contribution in [0, 0.1) is 19.3 Å². The van der Waals surface area contributed by atoms with Crippen molar-refractivity contribution in [3.8, 4) is 18.2 Å². The van der Waals surface area contributed by atoms with Crippen molar-refractivity contribution in [2.45, 2.75) is 13.3 Å². The van der Waals surface area contributed by atoms with Crippen LogP contribution in [-0.4, -0.2) is 27.7 Å². The van der Waals surface area contributed by atoms with Crippen LogP contribution in [-0.2, 0) is 0 Å². The maximum Gasteiger partial charge on any atom is 0.346 e. The van der Waals surface area contributed by atoms with Crippen LogP contribution in [0.25, 0.3) is 10.2 Å². The Morgan fingerprint density at radius 2 is 2.39 bits per heavy atom. The molecule has 0 aliphatic rings. The van der Waals surface area contributed by atoms with Gasteiger partial charge in [-0.1, -0.05) is 0 Å². The highest BCUT2D eigenvalue weighted by molar-refractivity contribution is 7.20. The molecule has 2 heterocycles. The Labute approximate surface area is 107 Å². The van der Waals surface area contributed by atoms with Crippen molar-refractivity contribution in [3.05, 3.63) is 16.8 Å². The van der Waals surface area contributed by atoms with Crippen LogP contribution in [0.15, 0.2) is 6.33 Å². The van der Waals surface area contributed by atoms with Crippen molar-refractivity contribution in [2.75, 3.05) is 6.61 Å². The summed E-state index contributed by atoms with van der Waals surface area (Å²) in [6, 6.07) is 0. The first-order valence-electron chi connectivity index (χ1n) is 5.18. The van der Waals surface area contributed by atoms with E-state index in [-0.39, 0.29) is 4.88 Å². The topological polar surface area (TPSA) is 72.3 Å². The Kier molecular flexibility index (Phi) is 3.44. The van der Waals surface area contributed by atoms with Crippen molar-refractivity contribution in [2.24, 2.45) is 0 Å². The van der Waals surface area contributed by atoms with Gasteiger partial charge in [-0.25, -0.2) is 14.8 Å². The van der Waals surface area contributed by atoms with Gasteiger partial charge in [-0.2, -0.15) is 0 Å². The second-order valence-corrected chi connectivity index (χ2v) is 4.52. The summed E-state index contributed by atoms with van der Waals surface area (Å²) in [6.07, 6.45) is 6.97. The number of nitrogens with zero attached hydrogens (tertiary/aromatic N) is 2. The van der Waals surface area contributed by atoms with Gasteiger partial charge < -0.3 is 9.84 Å². The Morgan fingerprint density at radius 3 is 3.06 bits per heavy atom. The number of ether oxygens (including phenoxy) is 1. The van der Waals surface area contributed by atoms with Gasteiger partial charge in [0.2, 0.25) is 5.88 Å². The number of carbonyl (C=O) groups is 1. The molecule has 1 N–H and O–H groups in total. The third kappa shape index (κ3) is 2.13. The lowest BCUT2D eigenvalue weighted by atomic mass is 10.2. The quantitative estimate of drug-likeness (QED) is 0.674. The fourth-order valence-corrected chi connectivity index (χ4v) is 2.54. The van der Waals surface area contributed by atoms with Crippen LogP contribution in [0.2, 0.25) is 0 Å². The zero-order valence-electron chi connectivity index (χ0n) is 9.64. The summed E-state index contributed by atoms with van der Waals surface area (Å²) in [6.45, 7) is 2.07. The van der Waals surface area contributed by atoms with E-state index in [1.807, 2.05) is 0 Å². The van der Waals surface area contributed by atoms with E-state index in [4.69, 9.17) is 16.3 Å². The Morgan fingerprint density at radius 1 is 1.61 bits per heavy atom. The standard InChI is InChI=1S/C12H10N2O3S/c1-3-4-5-17-10-8-7(2)9(12(15)16)18-11(8)14-6-13-10/h1,6H,4-5H2,2H3,(H,15,16). The zero-order chi connectivity index (χ0) is 13.1. The Balaban J connectivity index is 2.48. The molecule has 0 atom stereocenters. The van der Waals surface area contributed by atoms with Crippen molar-refractivity contribution < 1.29 is 14.6 Å². The minimum absolute atomic E-state index is 0.257. The van der Waals surface area contributed by atoms with Gasteiger partial charge in [0.15, 0.2) is 0 Å². The van der Waals surface area contributed by atoms with E-state index in [0.29, 0.717) is 34.7 Å². The van der Waals surface area contributed by atoms with Crippen LogP contribution >= 0.6 is 11.3 Å². The van der Waals surface area contributed by atoms with Gasteiger partial charge in [-0.3, -0.25) is 0 Å². The number of fused-ring (bicyclic) bond motifs is 1. The lowest BCUT2D eigenvalue weighted by Crippen LogP contribution is -1.99. The number of aryl methyl sites for hydroxylation is 1. The highest BCUT2D eigenvalue weighted by Gasteiger charge is 2.19. The molecule has 0 aliphatic carbocycles. The molecule has 0 amide bonds. The second kappa shape index (κ2) is 5.02. The van der Waals surface area contributed by atoms with Crippen LogP contribution in [0.3, 0.4) is 0 Å². The first-order chi connectivity index (χ1) is 8.65. The summed E-state index contributed by atoms with van der Waals surface area (Å²) in [5.41, 5.74) is 0.624. The van der Waals surface area contributed by atoms with E-state index < -0.39 is 5.97 Å². The van der Waals surface area contributed by atoms with Crippen molar-refractivity contribution in [1.82, 2.24) is 9.97 Å². The van der Waals surface area contributed by atoms with Crippen molar-refractivity contribution in [1.29, 1.82) is 0 Å². The normalized spacial score (nSPS) is 10.2. The predicted octanol–water partition coefficient (Wildman–Crippen LogP) is 2.10. The SMILES string of the molecule is C#CCCOc1ncnc2sc(C(=O)O)c(C)c12. The van der Waals surface area contributed by atoms with Crippen LogP contribution < -0.4 is 4.74 Å². The average molecular weight is 262 g/mol. The molecule has 0 fully saturated rings. The van der Waals surface area contributed by atoms with Gasteiger partial charge in [0.1, 0.15) is 22.6 Å². The van der Waals surface area contributed by atoms with Crippen molar-refractivity contribution in [3.63, 3.8) is 0 Å². The molecule has 0 radical (unpaired) electrons. The first-order valence-corrected chi connectivity index (χ1v) is 6.00. The molecule has 0 saturated carbocycles. The molecule has 5 nitrogen and oxygen atoms in total. The molecule has 0 spiro atoms. The molecule has 2 rings (SSSR count). The Hall–Kier alpha value is -2.13. The fraction of sp³-hybridized carbons (Fsp3) is 0.250.